The molecule has 4 heteroatoms. The van der Waals surface area contributed by atoms with Gasteiger partial charge in [0.15, 0.2) is 0 Å². The van der Waals surface area contributed by atoms with Crippen molar-refractivity contribution in [2.75, 3.05) is 32.1 Å². The number of hydrogen-bond acceptors (Lipinski definition) is 4. The van der Waals surface area contributed by atoms with Crippen molar-refractivity contribution in [2.24, 2.45) is 0 Å². The van der Waals surface area contributed by atoms with Crippen LogP contribution >= 0.6 is 12.6 Å². The minimum atomic E-state index is 0.726. The molecular formula is C13H22N2OS. The van der Waals surface area contributed by atoms with Crippen LogP contribution in [0.15, 0.2) is 18.2 Å². The molecule has 0 unspecified atom stereocenters. The third-order valence-corrected chi connectivity index (χ3v) is 2.75. The van der Waals surface area contributed by atoms with Gasteiger partial charge in [-0.3, -0.25) is 9.88 Å². The summed E-state index contributed by atoms with van der Waals surface area (Å²) in [5.41, 5.74) is 2.20. The second kappa shape index (κ2) is 8.50. The van der Waals surface area contributed by atoms with Crippen LogP contribution in [-0.4, -0.2) is 41.9 Å². The largest absolute Gasteiger partial charge is 0.379 e. The van der Waals surface area contributed by atoms with Crippen molar-refractivity contribution in [2.45, 2.75) is 20.4 Å². The Hall–Kier alpha value is -0.580. The van der Waals surface area contributed by atoms with Crippen LogP contribution in [0.3, 0.4) is 0 Å². The Morgan fingerprint density at radius 1 is 1.35 bits per heavy atom. The summed E-state index contributed by atoms with van der Waals surface area (Å²) in [6.07, 6.45) is 0. The Kier molecular flexibility index (Phi) is 7.24. The van der Waals surface area contributed by atoms with E-state index in [0.29, 0.717) is 0 Å². The van der Waals surface area contributed by atoms with Gasteiger partial charge in [0.05, 0.1) is 18.9 Å². The van der Waals surface area contributed by atoms with Crippen molar-refractivity contribution in [3.63, 3.8) is 0 Å². The van der Waals surface area contributed by atoms with Gasteiger partial charge in [-0.25, -0.2) is 0 Å². The summed E-state index contributed by atoms with van der Waals surface area (Å²) in [5.74, 6) is 0.783. The Bertz CT molecular complexity index is 320. The molecule has 3 nitrogen and oxygen atoms in total. The second-order valence-electron chi connectivity index (χ2n) is 3.98. The van der Waals surface area contributed by atoms with Gasteiger partial charge in [-0.05, 0) is 25.6 Å². The highest BCUT2D eigenvalue weighted by Crippen LogP contribution is 2.03. The first-order valence-electron chi connectivity index (χ1n) is 6.09. The van der Waals surface area contributed by atoms with Gasteiger partial charge in [0.25, 0.3) is 0 Å². The van der Waals surface area contributed by atoms with Crippen LogP contribution in [0.25, 0.3) is 0 Å². The summed E-state index contributed by atoms with van der Waals surface area (Å²) >= 11 is 4.11. The van der Waals surface area contributed by atoms with E-state index >= 15 is 0 Å². The van der Waals surface area contributed by atoms with Crippen LogP contribution in [0, 0.1) is 6.92 Å². The van der Waals surface area contributed by atoms with Crippen LogP contribution < -0.4 is 0 Å². The molecule has 96 valence electrons. The van der Waals surface area contributed by atoms with Gasteiger partial charge in [0.2, 0.25) is 0 Å². The van der Waals surface area contributed by atoms with E-state index in [1.807, 2.05) is 13.0 Å². The normalized spacial score (nSPS) is 11.1. The molecule has 0 amide bonds. The predicted octanol–water partition coefficient (Wildman–Crippen LogP) is 2.16. The maximum atomic E-state index is 5.44. The minimum absolute atomic E-state index is 0.726. The van der Waals surface area contributed by atoms with Crippen molar-refractivity contribution in [3.8, 4) is 0 Å². The van der Waals surface area contributed by atoms with Gasteiger partial charge >= 0.3 is 0 Å². The molecule has 0 saturated carbocycles. The fourth-order valence-corrected chi connectivity index (χ4v) is 1.75. The maximum absolute atomic E-state index is 5.44. The summed E-state index contributed by atoms with van der Waals surface area (Å²) in [7, 11) is 0. The Balaban J connectivity index is 2.35. The molecule has 1 heterocycles. The van der Waals surface area contributed by atoms with Gasteiger partial charge in [-0.2, -0.15) is 12.6 Å². The Labute approximate surface area is 110 Å². The van der Waals surface area contributed by atoms with Gasteiger partial charge in [0.1, 0.15) is 0 Å². The quantitative estimate of drug-likeness (QED) is 0.568. The van der Waals surface area contributed by atoms with Crippen molar-refractivity contribution >= 4 is 12.6 Å². The number of rotatable bonds is 8. The van der Waals surface area contributed by atoms with Crippen LogP contribution in [0.5, 0.6) is 0 Å². The topological polar surface area (TPSA) is 25.4 Å². The summed E-state index contributed by atoms with van der Waals surface area (Å²) in [5, 5.41) is 0. The fourth-order valence-electron chi connectivity index (χ4n) is 1.63. The smallest absolute Gasteiger partial charge is 0.0593 e. The predicted molar refractivity (Wildman–Crippen MR) is 74.6 cm³/mol. The molecular weight excluding hydrogens is 232 g/mol. The van der Waals surface area contributed by atoms with E-state index in [1.54, 1.807) is 0 Å². The van der Waals surface area contributed by atoms with Crippen LogP contribution in [0.1, 0.15) is 18.3 Å². The highest BCUT2D eigenvalue weighted by atomic mass is 32.1. The summed E-state index contributed by atoms with van der Waals surface area (Å²) in [4.78, 5) is 6.84. The van der Waals surface area contributed by atoms with E-state index in [-0.39, 0.29) is 0 Å². The zero-order valence-corrected chi connectivity index (χ0v) is 11.6. The fraction of sp³-hybridized carbons (Fsp3) is 0.615. The monoisotopic (exact) mass is 254 g/mol. The molecule has 1 aromatic rings. The molecule has 1 aromatic heterocycles. The molecule has 0 aromatic carbocycles. The lowest BCUT2D eigenvalue weighted by Gasteiger charge is -2.19. The van der Waals surface area contributed by atoms with Crippen LogP contribution in [-0.2, 0) is 11.3 Å². The summed E-state index contributed by atoms with van der Waals surface area (Å²) < 4.78 is 5.44. The third kappa shape index (κ3) is 6.05. The molecule has 0 saturated heterocycles. The number of pyridine rings is 1. The molecule has 0 bridgehead atoms. The number of likely N-dealkylation sites (N-methyl/N-ethyl adjacent to an activating group) is 1. The zero-order valence-electron chi connectivity index (χ0n) is 10.7. The lowest BCUT2D eigenvalue weighted by atomic mass is 10.3. The van der Waals surface area contributed by atoms with E-state index < -0.39 is 0 Å². The van der Waals surface area contributed by atoms with Crippen LogP contribution in [0.4, 0.5) is 0 Å². The van der Waals surface area contributed by atoms with Crippen molar-refractivity contribution < 1.29 is 4.74 Å². The maximum Gasteiger partial charge on any atom is 0.0593 e. The SMILES string of the molecule is CCN(CCOCCS)Cc1cccc(C)n1. The molecule has 0 spiro atoms. The number of ether oxygens (including phenoxy) is 1. The first kappa shape index (κ1) is 14.5. The molecule has 0 N–H and O–H groups in total. The number of nitrogens with zero attached hydrogens (tertiary/aromatic N) is 2. The number of aromatic nitrogens is 1. The lowest BCUT2D eigenvalue weighted by Crippen LogP contribution is -2.27. The summed E-state index contributed by atoms with van der Waals surface area (Å²) in [6, 6.07) is 6.16. The average Bonchev–Trinajstić information content (AvgIpc) is 2.33. The third-order valence-electron chi connectivity index (χ3n) is 2.57. The van der Waals surface area contributed by atoms with Gasteiger partial charge in [-0.15, -0.1) is 0 Å². The van der Waals surface area contributed by atoms with E-state index in [1.165, 1.54) is 0 Å². The molecule has 0 aliphatic rings. The van der Waals surface area contributed by atoms with E-state index in [9.17, 15) is 0 Å². The van der Waals surface area contributed by atoms with E-state index in [4.69, 9.17) is 4.74 Å². The molecule has 0 fully saturated rings. The van der Waals surface area contributed by atoms with Gasteiger partial charge < -0.3 is 4.74 Å². The zero-order chi connectivity index (χ0) is 12.5. The van der Waals surface area contributed by atoms with Gasteiger partial charge in [-0.1, -0.05) is 13.0 Å². The average molecular weight is 254 g/mol. The molecule has 0 aliphatic carbocycles. The summed E-state index contributed by atoms with van der Waals surface area (Å²) in [6.45, 7) is 8.52. The van der Waals surface area contributed by atoms with Crippen molar-refractivity contribution in [1.29, 1.82) is 0 Å². The molecule has 1 rings (SSSR count). The second-order valence-corrected chi connectivity index (χ2v) is 4.42. The Morgan fingerprint density at radius 3 is 2.82 bits per heavy atom. The first-order valence-corrected chi connectivity index (χ1v) is 6.73. The molecule has 0 radical (unpaired) electrons. The molecule has 0 aliphatic heterocycles. The Morgan fingerprint density at radius 2 is 2.18 bits per heavy atom. The molecule has 0 atom stereocenters. The number of hydrogen-bond donors (Lipinski definition) is 1. The minimum Gasteiger partial charge on any atom is -0.379 e. The van der Waals surface area contributed by atoms with E-state index in [0.717, 1.165) is 50.0 Å². The van der Waals surface area contributed by atoms with Crippen molar-refractivity contribution in [3.05, 3.63) is 29.6 Å². The van der Waals surface area contributed by atoms with E-state index in [2.05, 4.69) is 41.6 Å². The first-order chi connectivity index (χ1) is 8.26. The highest BCUT2D eigenvalue weighted by Gasteiger charge is 2.04. The lowest BCUT2D eigenvalue weighted by molar-refractivity contribution is 0.114. The van der Waals surface area contributed by atoms with Crippen molar-refractivity contribution in [1.82, 2.24) is 9.88 Å². The standard InChI is InChI=1S/C13H22N2OS/c1-3-15(7-8-16-9-10-17)11-13-6-4-5-12(2)14-13/h4-6,17H,3,7-11H2,1-2H3. The number of thiol groups is 1. The molecule has 17 heavy (non-hydrogen) atoms. The highest BCUT2D eigenvalue weighted by molar-refractivity contribution is 7.80. The van der Waals surface area contributed by atoms with Crippen LogP contribution in [0.2, 0.25) is 0 Å². The number of aryl methyl sites for hydroxylation is 1. The van der Waals surface area contributed by atoms with Gasteiger partial charge in [0, 0.05) is 24.5 Å².